The molecule has 1 saturated carbocycles. The lowest BCUT2D eigenvalue weighted by Gasteiger charge is -2.33. The SMILES string of the molecule is CCOP(=O)(NC/C(F)=C1/CCCN(c2c(F)cc3c(=O)c(C(=O)OO)cn(C4CC4)c3c2OC)C1)OCC. The molecule has 2 fully saturated rings. The lowest BCUT2D eigenvalue weighted by molar-refractivity contribution is -0.182. The zero-order valence-electron chi connectivity index (χ0n) is 22.0. The van der Waals surface area contributed by atoms with Crippen LogP contribution in [0.15, 0.2) is 28.5 Å². The average molecular weight is 572 g/mol. The maximum Gasteiger partial charge on any atom is 0.405 e. The smallest absolute Gasteiger partial charge is 0.405 e. The van der Waals surface area contributed by atoms with Gasteiger partial charge in [-0.3, -0.25) is 18.7 Å². The van der Waals surface area contributed by atoms with Gasteiger partial charge >= 0.3 is 13.7 Å². The molecular formula is C25H32F2N3O8P. The van der Waals surface area contributed by atoms with Crippen molar-refractivity contribution in [2.45, 2.75) is 45.6 Å². The fourth-order valence-electron chi connectivity index (χ4n) is 4.81. The number of hydrogen-bond donors (Lipinski definition) is 2. The molecule has 0 atom stereocenters. The van der Waals surface area contributed by atoms with Crippen LogP contribution in [0.3, 0.4) is 0 Å². The van der Waals surface area contributed by atoms with Gasteiger partial charge in [-0.05, 0) is 51.2 Å². The van der Waals surface area contributed by atoms with Gasteiger partial charge < -0.3 is 14.2 Å². The summed E-state index contributed by atoms with van der Waals surface area (Å²) in [7, 11) is -2.33. The second-order valence-electron chi connectivity index (χ2n) is 9.23. The van der Waals surface area contributed by atoms with E-state index in [0.717, 1.165) is 18.9 Å². The maximum absolute atomic E-state index is 15.7. The molecule has 0 amide bonds. The highest BCUT2D eigenvalue weighted by molar-refractivity contribution is 7.51. The van der Waals surface area contributed by atoms with Crippen molar-refractivity contribution in [3.63, 3.8) is 0 Å². The molecule has 2 aromatic rings. The first-order chi connectivity index (χ1) is 18.7. The van der Waals surface area contributed by atoms with Gasteiger partial charge in [0.05, 0.1) is 37.8 Å². The number of piperidine rings is 1. The predicted octanol–water partition coefficient (Wildman–Crippen LogP) is 4.71. The van der Waals surface area contributed by atoms with E-state index >= 15 is 8.78 Å². The molecule has 4 rings (SSSR count). The van der Waals surface area contributed by atoms with Crippen molar-refractivity contribution in [1.29, 1.82) is 0 Å². The van der Waals surface area contributed by atoms with Crippen molar-refractivity contribution in [2.24, 2.45) is 0 Å². The van der Waals surface area contributed by atoms with Crippen LogP contribution in [-0.4, -0.2) is 55.8 Å². The summed E-state index contributed by atoms with van der Waals surface area (Å²) in [5.41, 5.74) is -0.503. The third kappa shape index (κ3) is 6.02. The zero-order chi connectivity index (χ0) is 28.3. The van der Waals surface area contributed by atoms with Crippen LogP contribution in [0.4, 0.5) is 14.5 Å². The number of anilines is 1. The largest absolute Gasteiger partial charge is 0.492 e. The highest BCUT2D eigenvalue weighted by Crippen LogP contribution is 2.45. The Morgan fingerprint density at radius 3 is 2.54 bits per heavy atom. The molecular weight excluding hydrogens is 539 g/mol. The van der Waals surface area contributed by atoms with E-state index in [2.05, 4.69) is 9.97 Å². The van der Waals surface area contributed by atoms with Gasteiger partial charge in [-0.2, -0.15) is 5.26 Å². The van der Waals surface area contributed by atoms with Gasteiger partial charge in [0.25, 0.3) is 0 Å². The number of nitrogens with one attached hydrogen (secondary N) is 1. The molecule has 1 aliphatic heterocycles. The molecule has 2 heterocycles. The maximum atomic E-state index is 15.7. The van der Waals surface area contributed by atoms with Crippen LogP contribution in [0, 0.1) is 5.82 Å². The zero-order valence-corrected chi connectivity index (χ0v) is 22.9. The van der Waals surface area contributed by atoms with Gasteiger partial charge in [-0.15, -0.1) is 0 Å². The lowest BCUT2D eigenvalue weighted by Crippen LogP contribution is -2.33. The molecule has 1 saturated heterocycles. The first-order valence-electron chi connectivity index (χ1n) is 12.7. The summed E-state index contributed by atoms with van der Waals surface area (Å²) in [5, 5.41) is 11.3. The van der Waals surface area contributed by atoms with Gasteiger partial charge in [0.1, 0.15) is 17.1 Å². The molecule has 0 radical (unpaired) electrons. The van der Waals surface area contributed by atoms with E-state index in [-0.39, 0.29) is 49.2 Å². The molecule has 39 heavy (non-hydrogen) atoms. The van der Waals surface area contributed by atoms with Crippen LogP contribution >= 0.6 is 7.75 Å². The molecule has 14 heteroatoms. The van der Waals surface area contributed by atoms with Crippen LogP contribution in [0.1, 0.15) is 55.9 Å². The normalized spacial score (nSPS) is 17.4. The van der Waals surface area contributed by atoms with Crippen LogP contribution in [-0.2, 0) is 18.5 Å². The number of methoxy groups -OCH3 is 1. The molecule has 2 N–H and O–H groups in total. The Labute approximate surface area is 223 Å². The number of pyridine rings is 1. The number of aromatic nitrogens is 1. The third-order valence-electron chi connectivity index (χ3n) is 6.66. The Balaban J connectivity index is 1.73. The van der Waals surface area contributed by atoms with Gasteiger partial charge in [0.2, 0.25) is 5.43 Å². The number of fused-ring (bicyclic) bond motifs is 1. The molecule has 1 aliphatic carbocycles. The van der Waals surface area contributed by atoms with E-state index in [1.165, 1.54) is 13.3 Å². The topological polar surface area (TPSA) is 129 Å². The van der Waals surface area contributed by atoms with Crippen LogP contribution < -0.4 is 20.2 Å². The average Bonchev–Trinajstić information content (AvgIpc) is 3.77. The number of rotatable bonds is 11. The van der Waals surface area contributed by atoms with Crippen molar-refractivity contribution >= 4 is 30.3 Å². The second-order valence-corrected chi connectivity index (χ2v) is 11.1. The van der Waals surface area contributed by atoms with Crippen molar-refractivity contribution in [3.8, 4) is 5.75 Å². The quantitative estimate of drug-likeness (QED) is 0.222. The standard InChI is InChI=1S/C25H32F2N3O8P/c1-4-36-39(34,37-5-2)28-12-20(27)15-7-6-10-29(13-15)22-19(26)11-17-21(24(22)35-3)30(16-8-9-16)14-18(23(17)31)25(32)38-33/h11,14,16,33H,4-10,12-13H2,1-3H3,(H,28,34)/b20-15+. The fourth-order valence-corrected chi connectivity index (χ4v) is 6.08. The molecule has 1 aromatic heterocycles. The minimum absolute atomic E-state index is 0.0302. The molecule has 1 aromatic carbocycles. The van der Waals surface area contributed by atoms with Crippen LogP contribution in [0.5, 0.6) is 5.75 Å². The molecule has 2 aliphatic rings. The van der Waals surface area contributed by atoms with Crippen molar-refractivity contribution < 1.29 is 42.1 Å². The molecule has 0 unspecified atom stereocenters. The number of carbonyl (C=O) groups excluding carboxylic acids is 1. The number of halogens is 2. The summed E-state index contributed by atoms with van der Waals surface area (Å²) in [6.45, 7) is 3.56. The van der Waals surface area contributed by atoms with E-state index in [1.807, 2.05) is 0 Å². The van der Waals surface area contributed by atoms with Crippen LogP contribution in [0.25, 0.3) is 10.9 Å². The number of benzene rings is 1. The number of nitrogens with zero attached hydrogens (tertiary/aromatic N) is 2. The number of ether oxygens (including phenoxy) is 1. The predicted molar refractivity (Wildman–Crippen MR) is 139 cm³/mol. The van der Waals surface area contributed by atoms with Gasteiger partial charge in [-0.25, -0.2) is 23.2 Å². The Hall–Kier alpha value is -2.83. The van der Waals surface area contributed by atoms with Crippen molar-refractivity contribution in [2.75, 3.05) is 44.9 Å². The summed E-state index contributed by atoms with van der Waals surface area (Å²) in [6.07, 6.45) is 3.74. The Morgan fingerprint density at radius 1 is 1.26 bits per heavy atom. The third-order valence-corrected chi connectivity index (χ3v) is 8.40. The minimum atomic E-state index is -3.67. The Bertz CT molecular complexity index is 1380. The summed E-state index contributed by atoms with van der Waals surface area (Å²) in [4.78, 5) is 30.5. The first-order valence-corrected chi connectivity index (χ1v) is 14.3. The Kier molecular flexibility index (Phi) is 9.07. The van der Waals surface area contributed by atoms with Crippen molar-refractivity contribution in [1.82, 2.24) is 9.65 Å². The lowest BCUT2D eigenvalue weighted by atomic mass is 10.0. The molecule has 0 spiro atoms. The van der Waals surface area contributed by atoms with E-state index in [1.54, 1.807) is 23.3 Å². The number of carbonyl (C=O) groups is 1. The summed E-state index contributed by atoms with van der Waals surface area (Å²) >= 11 is 0. The van der Waals surface area contributed by atoms with E-state index in [0.29, 0.717) is 30.5 Å². The highest BCUT2D eigenvalue weighted by Gasteiger charge is 2.33. The number of hydrogen-bond acceptors (Lipinski definition) is 9. The molecule has 0 bridgehead atoms. The van der Waals surface area contributed by atoms with E-state index in [4.69, 9.17) is 19.0 Å². The van der Waals surface area contributed by atoms with E-state index in [9.17, 15) is 14.2 Å². The summed E-state index contributed by atoms with van der Waals surface area (Å²) in [6, 6.07) is 0.969. The van der Waals surface area contributed by atoms with Crippen LogP contribution in [0.2, 0.25) is 0 Å². The Morgan fingerprint density at radius 2 is 1.95 bits per heavy atom. The van der Waals surface area contributed by atoms with Gasteiger partial charge in [0, 0.05) is 25.3 Å². The summed E-state index contributed by atoms with van der Waals surface area (Å²) in [5.74, 6) is -2.51. The molecule has 214 valence electrons. The van der Waals surface area contributed by atoms with E-state index < -0.39 is 36.4 Å². The second kappa shape index (κ2) is 12.1. The summed E-state index contributed by atoms with van der Waals surface area (Å²) < 4.78 is 61.1. The van der Waals surface area contributed by atoms with Gasteiger partial charge in [-0.1, -0.05) is 0 Å². The first kappa shape index (κ1) is 29.2. The monoisotopic (exact) mass is 571 g/mol. The van der Waals surface area contributed by atoms with Crippen molar-refractivity contribution in [3.05, 3.63) is 45.3 Å². The van der Waals surface area contributed by atoms with Gasteiger partial charge in [0.15, 0.2) is 11.6 Å². The highest BCUT2D eigenvalue weighted by atomic mass is 31.2. The molecule has 11 nitrogen and oxygen atoms in total. The minimum Gasteiger partial charge on any atom is -0.492 e. The fraction of sp³-hybridized carbons (Fsp3) is 0.520.